The van der Waals surface area contributed by atoms with E-state index in [1.807, 2.05) is 0 Å². The lowest BCUT2D eigenvalue weighted by molar-refractivity contribution is -0.139. The minimum atomic E-state index is -1.05. The summed E-state index contributed by atoms with van der Waals surface area (Å²) in [6.07, 6.45) is 3.18. The summed E-state index contributed by atoms with van der Waals surface area (Å²) >= 11 is 0. The quantitative estimate of drug-likeness (QED) is 0.421. The summed E-state index contributed by atoms with van der Waals surface area (Å²) in [6.45, 7) is 0.0186. The number of hydrogen-bond acceptors (Lipinski definition) is 6. The topological polar surface area (TPSA) is 139 Å². The average Bonchev–Trinajstić information content (AvgIpc) is 2.95. The highest BCUT2D eigenvalue weighted by atomic mass is 16.4. The first-order valence-electron chi connectivity index (χ1n) is 6.15. The summed E-state index contributed by atoms with van der Waals surface area (Å²) in [5, 5.41) is 40.2. The Morgan fingerprint density at radius 3 is 2.67 bits per heavy atom. The number of imidazole rings is 1. The molecule has 1 aromatic heterocycles. The molecule has 1 atom stereocenters. The summed E-state index contributed by atoms with van der Waals surface area (Å²) in [4.78, 5) is 17.8. The fraction of sp³-hybridized carbons (Fsp3) is 0.231. The molecule has 0 saturated heterocycles. The third-order valence-electron chi connectivity index (χ3n) is 3.03. The molecule has 0 bridgehead atoms. The van der Waals surface area contributed by atoms with Crippen molar-refractivity contribution >= 4 is 5.97 Å². The second-order valence-corrected chi connectivity index (χ2v) is 4.49. The molecule has 2 aromatic rings. The summed E-state index contributed by atoms with van der Waals surface area (Å²) in [7, 11) is 0. The highest BCUT2D eigenvalue weighted by molar-refractivity contribution is 5.73. The van der Waals surface area contributed by atoms with E-state index in [0.29, 0.717) is 5.69 Å². The molecule has 0 aliphatic rings. The largest absolute Gasteiger partial charge is 0.504 e. The van der Waals surface area contributed by atoms with Crippen molar-refractivity contribution in [2.24, 2.45) is 0 Å². The molecule has 0 radical (unpaired) electrons. The number of H-pyrrole nitrogens is 1. The van der Waals surface area contributed by atoms with Crippen LogP contribution in [0.25, 0.3) is 0 Å². The fourth-order valence-corrected chi connectivity index (χ4v) is 1.85. The van der Waals surface area contributed by atoms with Gasteiger partial charge in [-0.2, -0.15) is 0 Å². The van der Waals surface area contributed by atoms with Gasteiger partial charge in [0.25, 0.3) is 0 Å². The molecule has 6 N–H and O–H groups in total. The molecule has 2 rings (SSSR count). The number of phenolic OH excluding ortho intramolecular Hbond substituents is 3. The van der Waals surface area contributed by atoms with E-state index in [1.165, 1.54) is 24.7 Å². The van der Waals surface area contributed by atoms with Gasteiger partial charge >= 0.3 is 5.97 Å². The Balaban J connectivity index is 2.05. The third-order valence-corrected chi connectivity index (χ3v) is 3.03. The van der Waals surface area contributed by atoms with Gasteiger partial charge in [0.05, 0.1) is 6.33 Å². The van der Waals surface area contributed by atoms with E-state index in [9.17, 15) is 20.1 Å². The Bertz CT molecular complexity index is 627. The molecule has 1 aromatic carbocycles. The van der Waals surface area contributed by atoms with Crippen LogP contribution < -0.4 is 5.32 Å². The Morgan fingerprint density at radius 2 is 2.05 bits per heavy atom. The highest BCUT2D eigenvalue weighted by Gasteiger charge is 2.19. The zero-order valence-electron chi connectivity index (χ0n) is 10.9. The zero-order chi connectivity index (χ0) is 15.4. The maximum Gasteiger partial charge on any atom is 0.321 e. The number of rotatable bonds is 6. The number of benzene rings is 1. The maximum absolute atomic E-state index is 11.2. The number of carboxylic acids is 1. The predicted molar refractivity (Wildman–Crippen MR) is 72.0 cm³/mol. The van der Waals surface area contributed by atoms with Crippen LogP contribution in [0.15, 0.2) is 24.7 Å². The number of aliphatic carboxylic acids is 1. The Morgan fingerprint density at radius 1 is 1.29 bits per heavy atom. The van der Waals surface area contributed by atoms with Crippen LogP contribution in [0.3, 0.4) is 0 Å². The van der Waals surface area contributed by atoms with Crippen LogP contribution in [0, 0.1) is 0 Å². The molecule has 21 heavy (non-hydrogen) atoms. The minimum Gasteiger partial charge on any atom is -0.504 e. The molecule has 0 spiro atoms. The van der Waals surface area contributed by atoms with Gasteiger partial charge < -0.3 is 25.4 Å². The molecule has 0 amide bonds. The van der Waals surface area contributed by atoms with E-state index in [-0.39, 0.29) is 18.5 Å². The van der Waals surface area contributed by atoms with Gasteiger partial charge in [-0.3, -0.25) is 10.1 Å². The van der Waals surface area contributed by atoms with Crippen LogP contribution in [0.1, 0.15) is 11.3 Å². The lowest BCUT2D eigenvalue weighted by Gasteiger charge is -2.14. The van der Waals surface area contributed by atoms with Crippen LogP contribution >= 0.6 is 0 Å². The summed E-state index contributed by atoms with van der Waals surface area (Å²) in [6, 6.07) is 1.73. The first-order valence-corrected chi connectivity index (χ1v) is 6.15. The number of nitrogens with one attached hydrogen (secondary N) is 2. The van der Waals surface area contributed by atoms with E-state index in [2.05, 4.69) is 15.3 Å². The second-order valence-electron chi connectivity index (χ2n) is 4.49. The zero-order valence-corrected chi connectivity index (χ0v) is 10.9. The number of aromatic amines is 1. The monoisotopic (exact) mass is 293 g/mol. The summed E-state index contributed by atoms with van der Waals surface area (Å²) in [5.74, 6) is -2.60. The smallest absolute Gasteiger partial charge is 0.321 e. The second kappa shape index (κ2) is 6.14. The number of nitrogens with zero attached hydrogens (tertiary/aromatic N) is 1. The van der Waals surface area contributed by atoms with E-state index >= 15 is 0 Å². The standard InChI is InChI=1S/C13H15N3O5/c17-10-2-1-7(11(18)12(10)19)4-15-9(13(20)21)3-8-5-14-6-16-8/h1-2,5-6,9,15,17-19H,3-4H2,(H,14,16)(H,20,21). The average molecular weight is 293 g/mol. The van der Waals surface area contributed by atoms with E-state index in [0.717, 1.165) is 0 Å². The number of aromatic hydroxyl groups is 3. The number of aromatic nitrogens is 2. The van der Waals surface area contributed by atoms with Crippen LogP contribution in [0.2, 0.25) is 0 Å². The summed E-state index contributed by atoms with van der Waals surface area (Å²) < 4.78 is 0. The lowest BCUT2D eigenvalue weighted by atomic mass is 10.1. The van der Waals surface area contributed by atoms with Crippen LogP contribution in [0.5, 0.6) is 17.2 Å². The SMILES string of the molecule is O=C(O)C(Cc1cnc[nH]1)NCc1ccc(O)c(O)c1O. The maximum atomic E-state index is 11.2. The van der Waals surface area contributed by atoms with Crippen molar-refractivity contribution in [3.8, 4) is 17.2 Å². The van der Waals surface area contributed by atoms with Crippen molar-refractivity contribution in [3.05, 3.63) is 35.9 Å². The number of hydrogen-bond donors (Lipinski definition) is 6. The van der Waals surface area contributed by atoms with Crippen molar-refractivity contribution in [2.75, 3.05) is 0 Å². The van der Waals surface area contributed by atoms with E-state index < -0.39 is 29.3 Å². The van der Waals surface area contributed by atoms with Gasteiger partial charge in [0, 0.05) is 30.4 Å². The number of carbonyl (C=O) groups is 1. The molecule has 1 unspecified atom stereocenters. The first-order chi connectivity index (χ1) is 9.99. The highest BCUT2D eigenvalue weighted by Crippen LogP contribution is 2.36. The van der Waals surface area contributed by atoms with Gasteiger partial charge in [-0.15, -0.1) is 0 Å². The Labute approximate surface area is 119 Å². The minimum absolute atomic E-state index is 0.0186. The lowest BCUT2D eigenvalue weighted by Crippen LogP contribution is -2.38. The molecule has 1 heterocycles. The third kappa shape index (κ3) is 3.42. The van der Waals surface area contributed by atoms with Gasteiger partial charge in [-0.25, -0.2) is 4.98 Å². The molecule has 112 valence electrons. The predicted octanol–water partition coefficient (Wildman–Crippen LogP) is 0.312. The molecule has 8 heteroatoms. The van der Waals surface area contributed by atoms with Crippen molar-refractivity contribution in [1.82, 2.24) is 15.3 Å². The molecular weight excluding hydrogens is 278 g/mol. The van der Waals surface area contributed by atoms with Gasteiger partial charge in [-0.05, 0) is 6.07 Å². The number of phenols is 3. The van der Waals surface area contributed by atoms with E-state index in [4.69, 9.17) is 5.11 Å². The molecule has 0 saturated carbocycles. The Kier molecular flexibility index (Phi) is 4.29. The fourth-order valence-electron chi connectivity index (χ4n) is 1.85. The number of carboxylic acid groups (broad SMARTS) is 1. The van der Waals surface area contributed by atoms with Gasteiger partial charge in [0.15, 0.2) is 11.5 Å². The molecular formula is C13H15N3O5. The van der Waals surface area contributed by atoms with Gasteiger partial charge in [0.1, 0.15) is 6.04 Å². The molecule has 0 aliphatic carbocycles. The van der Waals surface area contributed by atoms with Crippen molar-refractivity contribution in [3.63, 3.8) is 0 Å². The van der Waals surface area contributed by atoms with E-state index in [1.54, 1.807) is 0 Å². The molecule has 0 aliphatic heterocycles. The van der Waals surface area contributed by atoms with Gasteiger partial charge in [0.2, 0.25) is 5.75 Å². The summed E-state index contributed by atoms with van der Waals surface area (Å²) in [5.41, 5.74) is 0.939. The molecule has 8 nitrogen and oxygen atoms in total. The Hall–Kier alpha value is -2.74. The first kappa shape index (κ1) is 14.7. The van der Waals surface area contributed by atoms with Crippen LogP contribution in [-0.2, 0) is 17.8 Å². The normalized spacial score (nSPS) is 12.2. The van der Waals surface area contributed by atoms with Crippen molar-refractivity contribution in [2.45, 2.75) is 19.0 Å². The van der Waals surface area contributed by atoms with Crippen LogP contribution in [-0.4, -0.2) is 42.4 Å². The van der Waals surface area contributed by atoms with Crippen molar-refractivity contribution < 1.29 is 25.2 Å². The van der Waals surface area contributed by atoms with Gasteiger partial charge in [-0.1, -0.05) is 6.07 Å². The molecule has 0 fully saturated rings. The van der Waals surface area contributed by atoms with Crippen molar-refractivity contribution in [1.29, 1.82) is 0 Å². The van der Waals surface area contributed by atoms with Crippen LogP contribution in [0.4, 0.5) is 0 Å².